The first-order chi connectivity index (χ1) is 8.54. The van der Waals surface area contributed by atoms with Gasteiger partial charge in [0.25, 0.3) is 0 Å². The van der Waals surface area contributed by atoms with Crippen LogP contribution < -0.4 is 5.73 Å². The second kappa shape index (κ2) is 6.48. The van der Waals surface area contributed by atoms with Crippen LogP contribution in [-0.2, 0) is 6.42 Å². The van der Waals surface area contributed by atoms with E-state index in [1.165, 1.54) is 15.9 Å². The molecule has 1 saturated heterocycles. The van der Waals surface area contributed by atoms with Crippen LogP contribution in [0.25, 0.3) is 0 Å². The Labute approximate surface area is 122 Å². The number of nitrogens with zero attached hydrogens (tertiary/aromatic N) is 2. The second-order valence-corrected chi connectivity index (χ2v) is 7.24. The van der Waals surface area contributed by atoms with Gasteiger partial charge in [0.05, 0.1) is 0 Å². The van der Waals surface area contributed by atoms with Gasteiger partial charge in [-0.15, -0.1) is 11.3 Å². The average Bonchev–Trinajstić information content (AvgIpc) is 2.69. The van der Waals surface area contributed by atoms with Crippen LogP contribution in [0, 0.1) is 0 Å². The Balaban J connectivity index is 1.84. The number of thiophene rings is 1. The molecule has 2 atom stereocenters. The van der Waals surface area contributed by atoms with Gasteiger partial charge in [-0.25, -0.2) is 0 Å². The Morgan fingerprint density at radius 1 is 1.50 bits per heavy atom. The van der Waals surface area contributed by atoms with Crippen molar-refractivity contribution >= 4 is 27.3 Å². The molecular formula is C13H22BrN3S. The van der Waals surface area contributed by atoms with E-state index in [-0.39, 0.29) is 6.04 Å². The summed E-state index contributed by atoms with van der Waals surface area (Å²) in [6, 6.07) is 3.04. The summed E-state index contributed by atoms with van der Waals surface area (Å²) in [7, 11) is 4.41. The summed E-state index contributed by atoms with van der Waals surface area (Å²) >= 11 is 5.28. The third-order valence-corrected chi connectivity index (χ3v) is 5.36. The van der Waals surface area contributed by atoms with Crippen LogP contribution >= 0.6 is 27.3 Å². The van der Waals surface area contributed by atoms with E-state index in [2.05, 4.69) is 51.3 Å². The van der Waals surface area contributed by atoms with Gasteiger partial charge >= 0.3 is 0 Å². The fraction of sp³-hybridized carbons (Fsp3) is 0.692. The molecule has 2 N–H and O–H groups in total. The summed E-state index contributed by atoms with van der Waals surface area (Å²) in [5.74, 6) is 0. The Hall–Kier alpha value is 0.0600. The second-order valence-electron chi connectivity index (χ2n) is 5.33. The highest BCUT2D eigenvalue weighted by Gasteiger charge is 2.24. The minimum absolute atomic E-state index is 0.259. The molecule has 0 saturated carbocycles. The van der Waals surface area contributed by atoms with Gasteiger partial charge in [0.2, 0.25) is 0 Å². The Morgan fingerprint density at radius 2 is 2.28 bits per heavy atom. The SMILES string of the molecule is CN1CCN(C)C(CC(N)Cc2cc(Br)cs2)C1. The van der Waals surface area contributed by atoms with E-state index in [1.807, 2.05) is 0 Å². The zero-order valence-electron chi connectivity index (χ0n) is 11.1. The molecule has 0 aliphatic carbocycles. The van der Waals surface area contributed by atoms with Crippen molar-refractivity contribution in [2.45, 2.75) is 24.9 Å². The van der Waals surface area contributed by atoms with Gasteiger partial charge in [-0.1, -0.05) is 0 Å². The lowest BCUT2D eigenvalue weighted by Gasteiger charge is -2.38. The molecule has 1 aliphatic rings. The number of halogens is 1. The van der Waals surface area contributed by atoms with Crippen LogP contribution in [0.15, 0.2) is 15.9 Å². The smallest absolute Gasteiger partial charge is 0.0285 e. The normalized spacial score (nSPS) is 24.3. The highest BCUT2D eigenvalue weighted by Crippen LogP contribution is 2.22. The first kappa shape index (κ1) is 14.5. The summed E-state index contributed by atoms with van der Waals surface area (Å²) in [6.45, 7) is 3.46. The monoisotopic (exact) mass is 331 g/mol. The Morgan fingerprint density at radius 3 is 2.94 bits per heavy atom. The molecule has 0 aromatic carbocycles. The fourth-order valence-corrected chi connectivity index (χ4v) is 4.05. The third kappa shape index (κ3) is 4.03. The van der Waals surface area contributed by atoms with Crippen LogP contribution in [0.4, 0.5) is 0 Å². The van der Waals surface area contributed by atoms with Crippen molar-refractivity contribution in [2.24, 2.45) is 5.73 Å². The first-order valence-electron chi connectivity index (χ1n) is 6.42. The summed E-state index contributed by atoms with van der Waals surface area (Å²) in [5, 5.41) is 2.13. The van der Waals surface area contributed by atoms with Gasteiger partial charge in [-0.2, -0.15) is 0 Å². The Bertz CT molecular complexity index is 382. The maximum atomic E-state index is 6.30. The number of hydrogen-bond acceptors (Lipinski definition) is 4. The summed E-state index contributed by atoms with van der Waals surface area (Å²) in [6.07, 6.45) is 2.07. The average molecular weight is 332 g/mol. The quantitative estimate of drug-likeness (QED) is 0.916. The van der Waals surface area contributed by atoms with E-state index in [0.29, 0.717) is 6.04 Å². The van der Waals surface area contributed by atoms with Gasteiger partial charge in [-0.05, 0) is 48.9 Å². The molecule has 1 aromatic rings. The number of nitrogens with two attached hydrogens (primary N) is 1. The van der Waals surface area contributed by atoms with Crippen molar-refractivity contribution in [1.29, 1.82) is 0 Å². The topological polar surface area (TPSA) is 32.5 Å². The van der Waals surface area contributed by atoms with E-state index in [4.69, 9.17) is 5.73 Å². The van der Waals surface area contributed by atoms with Crippen LogP contribution in [0.3, 0.4) is 0 Å². The van der Waals surface area contributed by atoms with E-state index in [9.17, 15) is 0 Å². The summed E-state index contributed by atoms with van der Waals surface area (Å²) < 4.78 is 1.17. The number of likely N-dealkylation sites (N-methyl/N-ethyl adjacent to an activating group) is 2. The highest BCUT2D eigenvalue weighted by molar-refractivity contribution is 9.10. The maximum absolute atomic E-state index is 6.30. The van der Waals surface area contributed by atoms with Gasteiger partial charge in [-0.3, -0.25) is 0 Å². The van der Waals surface area contributed by atoms with Crippen molar-refractivity contribution in [3.05, 3.63) is 20.8 Å². The zero-order chi connectivity index (χ0) is 13.1. The van der Waals surface area contributed by atoms with Crippen molar-refractivity contribution in [2.75, 3.05) is 33.7 Å². The van der Waals surface area contributed by atoms with Crippen molar-refractivity contribution < 1.29 is 0 Å². The number of rotatable bonds is 4. The van der Waals surface area contributed by atoms with E-state index in [0.717, 1.165) is 25.9 Å². The van der Waals surface area contributed by atoms with Crippen LogP contribution in [-0.4, -0.2) is 55.6 Å². The van der Waals surface area contributed by atoms with Crippen molar-refractivity contribution in [1.82, 2.24) is 9.80 Å². The molecule has 18 heavy (non-hydrogen) atoms. The van der Waals surface area contributed by atoms with Crippen LogP contribution in [0.1, 0.15) is 11.3 Å². The molecule has 1 aromatic heterocycles. The van der Waals surface area contributed by atoms with Crippen LogP contribution in [0.2, 0.25) is 0 Å². The lowest BCUT2D eigenvalue weighted by Crippen LogP contribution is -2.51. The predicted octanol–water partition coefficient (Wildman–Crippen LogP) is 2.02. The van der Waals surface area contributed by atoms with E-state index < -0.39 is 0 Å². The molecule has 0 radical (unpaired) electrons. The van der Waals surface area contributed by atoms with E-state index >= 15 is 0 Å². The molecule has 102 valence electrons. The largest absolute Gasteiger partial charge is 0.327 e. The molecule has 0 amide bonds. The summed E-state index contributed by atoms with van der Waals surface area (Å²) in [5.41, 5.74) is 6.30. The molecule has 0 bridgehead atoms. The number of hydrogen-bond donors (Lipinski definition) is 1. The molecule has 1 fully saturated rings. The fourth-order valence-electron chi connectivity index (χ4n) is 2.51. The molecule has 3 nitrogen and oxygen atoms in total. The lowest BCUT2D eigenvalue weighted by atomic mass is 10.0. The minimum atomic E-state index is 0.259. The number of piperazine rings is 1. The van der Waals surface area contributed by atoms with Gasteiger partial charge in [0.1, 0.15) is 0 Å². The molecule has 1 aliphatic heterocycles. The third-order valence-electron chi connectivity index (χ3n) is 3.64. The molecule has 5 heteroatoms. The van der Waals surface area contributed by atoms with Crippen molar-refractivity contribution in [3.63, 3.8) is 0 Å². The molecule has 2 unspecified atom stereocenters. The first-order valence-corrected chi connectivity index (χ1v) is 8.09. The van der Waals surface area contributed by atoms with Gasteiger partial charge in [0.15, 0.2) is 0 Å². The Kier molecular flexibility index (Phi) is 5.21. The van der Waals surface area contributed by atoms with E-state index in [1.54, 1.807) is 11.3 Å². The highest BCUT2D eigenvalue weighted by atomic mass is 79.9. The molecule has 0 spiro atoms. The predicted molar refractivity (Wildman–Crippen MR) is 82.2 cm³/mol. The summed E-state index contributed by atoms with van der Waals surface area (Å²) in [4.78, 5) is 6.23. The van der Waals surface area contributed by atoms with Crippen LogP contribution in [0.5, 0.6) is 0 Å². The molecular weight excluding hydrogens is 310 g/mol. The zero-order valence-corrected chi connectivity index (χ0v) is 13.5. The maximum Gasteiger partial charge on any atom is 0.0285 e. The van der Waals surface area contributed by atoms with Gasteiger partial charge < -0.3 is 15.5 Å². The molecule has 2 rings (SSSR count). The van der Waals surface area contributed by atoms with Crippen molar-refractivity contribution in [3.8, 4) is 0 Å². The van der Waals surface area contributed by atoms with Gasteiger partial charge in [0, 0.05) is 46.4 Å². The standard InChI is InChI=1S/C13H22BrN3S/c1-16-3-4-17(2)12(8-16)6-11(15)7-13-5-10(14)9-18-13/h5,9,11-12H,3-4,6-8,15H2,1-2H3. The minimum Gasteiger partial charge on any atom is -0.327 e. The lowest BCUT2D eigenvalue weighted by molar-refractivity contribution is 0.104. The molecule has 2 heterocycles.